The van der Waals surface area contributed by atoms with Crippen LogP contribution in [0.1, 0.15) is 12.0 Å². The molecule has 1 amide bonds. The zero-order valence-electron chi connectivity index (χ0n) is 10.9. The van der Waals surface area contributed by atoms with E-state index in [2.05, 4.69) is 11.9 Å². The Kier molecular flexibility index (Phi) is 5.12. The fraction of sp³-hybridized carbons (Fsp3) is 0.400. The predicted molar refractivity (Wildman–Crippen MR) is 72.6 cm³/mol. The summed E-state index contributed by atoms with van der Waals surface area (Å²) in [5.41, 5.74) is 1.11. The highest BCUT2D eigenvalue weighted by atomic mass is 16.5. The summed E-state index contributed by atoms with van der Waals surface area (Å²) in [6.45, 7) is 5.14. The van der Waals surface area contributed by atoms with Crippen LogP contribution in [0.5, 0.6) is 0 Å². The summed E-state index contributed by atoms with van der Waals surface area (Å²) in [4.78, 5) is 11.4. The van der Waals surface area contributed by atoms with Crippen molar-refractivity contribution in [2.24, 2.45) is 0 Å². The lowest BCUT2D eigenvalue weighted by Crippen LogP contribution is -2.49. The number of carbonyl (C=O) groups is 1. The molecule has 2 rings (SSSR count). The third-order valence-corrected chi connectivity index (χ3v) is 3.12. The summed E-state index contributed by atoms with van der Waals surface area (Å²) in [5, 5.41) is 2.89. The first-order chi connectivity index (χ1) is 9.29. The van der Waals surface area contributed by atoms with Gasteiger partial charge in [0.1, 0.15) is 6.10 Å². The molecular formula is C15H19NO3. The topological polar surface area (TPSA) is 47.6 Å². The molecule has 19 heavy (non-hydrogen) atoms. The lowest BCUT2D eigenvalue weighted by atomic mass is 10.1. The molecule has 0 bridgehead atoms. The van der Waals surface area contributed by atoms with Gasteiger partial charge in [0.2, 0.25) is 5.91 Å². The second-order valence-corrected chi connectivity index (χ2v) is 4.52. The van der Waals surface area contributed by atoms with Crippen molar-refractivity contribution >= 4 is 5.91 Å². The van der Waals surface area contributed by atoms with Crippen molar-refractivity contribution in [3.63, 3.8) is 0 Å². The fourth-order valence-electron chi connectivity index (χ4n) is 2.06. The minimum absolute atomic E-state index is 0.0111. The molecule has 1 saturated heterocycles. The smallest absolute Gasteiger partial charge is 0.243 e. The molecule has 1 fully saturated rings. The number of rotatable bonds is 5. The van der Waals surface area contributed by atoms with Gasteiger partial charge in [-0.2, -0.15) is 0 Å². The van der Waals surface area contributed by atoms with Crippen LogP contribution in [-0.4, -0.2) is 31.3 Å². The third kappa shape index (κ3) is 4.19. The average Bonchev–Trinajstić information content (AvgIpc) is 2.47. The Hall–Kier alpha value is -1.65. The van der Waals surface area contributed by atoms with Crippen molar-refractivity contribution in [3.8, 4) is 0 Å². The van der Waals surface area contributed by atoms with E-state index in [0.717, 1.165) is 12.0 Å². The first-order valence-electron chi connectivity index (χ1n) is 6.46. The Morgan fingerprint density at radius 2 is 2.26 bits per heavy atom. The van der Waals surface area contributed by atoms with Crippen LogP contribution >= 0.6 is 0 Å². The number of amides is 1. The van der Waals surface area contributed by atoms with Crippen LogP contribution in [0.4, 0.5) is 0 Å². The van der Waals surface area contributed by atoms with Crippen molar-refractivity contribution in [2.75, 3.05) is 13.2 Å². The number of hydrogen-bond acceptors (Lipinski definition) is 3. The first kappa shape index (κ1) is 13.8. The summed E-state index contributed by atoms with van der Waals surface area (Å²) >= 11 is 0. The second-order valence-electron chi connectivity index (χ2n) is 4.52. The number of ether oxygens (including phenoxy) is 2. The second kappa shape index (κ2) is 7.07. The Morgan fingerprint density at radius 3 is 3.00 bits per heavy atom. The van der Waals surface area contributed by atoms with E-state index in [1.807, 2.05) is 30.3 Å². The van der Waals surface area contributed by atoms with Crippen LogP contribution < -0.4 is 5.32 Å². The number of hydrogen-bond donors (Lipinski definition) is 1. The van der Waals surface area contributed by atoms with Crippen molar-refractivity contribution < 1.29 is 14.3 Å². The molecule has 0 aliphatic carbocycles. The van der Waals surface area contributed by atoms with E-state index in [1.54, 1.807) is 0 Å². The van der Waals surface area contributed by atoms with E-state index in [0.29, 0.717) is 19.8 Å². The van der Waals surface area contributed by atoms with Gasteiger partial charge in [-0.25, -0.2) is 0 Å². The first-order valence-corrected chi connectivity index (χ1v) is 6.46. The van der Waals surface area contributed by atoms with Gasteiger partial charge >= 0.3 is 0 Å². The molecule has 1 aliphatic rings. The van der Waals surface area contributed by atoms with Crippen LogP contribution in [-0.2, 0) is 20.9 Å². The molecule has 1 aromatic carbocycles. The van der Waals surface area contributed by atoms with Gasteiger partial charge < -0.3 is 14.8 Å². The van der Waals surface area contributed by atoms with Gasteiger partial charge in [0.15, 0.2) is 0 Å². The van der Waals surface area contributed by atoms with Crippen LogP contribution in [0.3, 0.4) is 0 Å². The van der Waals surface area contributed by atoms with E-state index in [1.165, 1.54) is 6.08 Å². The Morgan fingerprint density at radius 1 is 1.47 bits per heavy atom. The largest absolute Gasteiger partial charge is 0.379 e. The summed E-state index contributed by atoms with van der Waals surface area (Å²) in [6.07, 6.45) is 1.93. The number of carbonyl (C=O) groups excluding carboxylic acids is 1. The van der Waals surface area contributed by atoms with Crippen LogP contribution in [0.2, 0.25) is 0 Å². The number of benzene rings is 1. The van der Waals surface area contributed by atoms with Crippen molar-refractivity contribution in [1.29, 1.82) is 0 Å². The zero-order chi connectivity index (χ0) is 13.5. The van der Waals surface area contributed by atoms with E-state index in [4.69, 9.17) is 9.47 Å². The molecule has 1 aliphatic heterocycles. The van der Waals surface area contributed by atoms with Crippen LogP contribution in [0.15, 0.2) is 43.0 Å². The van der Waals surface area contributed by atoms with Gasteiger partial charge in [-0.3, -0.25) is 4.79 Å². The summed E-state index contributed by atoms with van der Waals surface area (Å²) in [7, 11) is 0. The van der Waals surface area contributed by atoms with Crippen molar-refractivity contribution in [2.45, 2.75) is 25.2 Å². The Labute approximate surface area is 113 Å². The molecule has 4 heteroatoms. The van der Waals surface area contributed by atoms with Gasteiger partial charge in [-0.1, -0.05) is 36.9 Å². The summed E-state index contributed by atoms with van der Waals surface area (Å²) in [6, 6.07) is 9.95. The minimum Gasteiger partial charge on any atom is -0.379 e. The molecule has 0 radical (unpaired) electrons. The monoisotopic (exact) mass is 261 g/mol. The Balaban J connectivity index is 1.88. The fourth-order valence-corrected chi connectivity index (χ4v) is 2.06. The lowest BCUT2D eigenvalue weighted by molar-refractivity contribution is -0.122. The van der Waals surface area contributed by atoms with E-state index >= 15 is 0 Å². The molecule has 102 valence electrons. The van der Waals surface area contributed by atoms with E-state index in [-0.39, 0.29) is 18.1 Å². The van der Waals surface area contributed by atoms with Gasteiger partial charge in [-0.05, 0) is 18.1 Å². The maximum atomic E-state index is 11.4. The van der Waals surface area contributed by atoms with Gasteiger partial charge in [0.25, 0.3) is 0 Å². The highest BCUT2D eigenvalue weighted by Gasteiger charge is 2.27. The molecule has 2 atom stereocenters. The average molecular weight is 261 g/mol. The van der Waals surface area contributed by atoms with E-state index < -0.39 is 0 Å². The highest BCUT2D eigenvalue weighted by molar-refractivity contribution is 5.87. The molecule has 4 nitrogen and oxygen atoms in total. The number of nitrogens with one attached hydrogen (secondary N) is 1. The zero-order valence-corrected chi connectivity index (χ0v) is 10.9. The SMILES string of the molecule is C=CC(=O)NC1CCOCC1OCc1ccccc1. The molecule has 0 spiro atoms. The maximum Gasteiger partial charge on any atom is 0.243 e. The Bertz CT molecular complexity index is 419. The van der Waals surface area contributed by atoms with Crippen LogP contribution in [0, 0.1) is 0 Å². The molecule has 0 saturated carbocycles. The molecule has 1 aromatic rings. The molecule has 0 aromatic heterocycles. The van der Waals surface area contributed by atoms with Gasteiger partial charge in [0.05, 0.1) is 19.3 Å². The standard InChI is InChI=1S/C15H19NO3/c1-2-15(17)16-13-8-9-18-11-14(13)19-10-12-6-4-3-5-7-12/h2-7,13-14H,1,8-11H2,(H,16,17). The predicted octanol–water partition coefficient (Wildman–Crippen LogP) is 1.66. The highest BCUT2D eigenvalue weighted by Crippen LogP contribution is 2.14. The van der Waals surface area contributed by atoms with Crippen molar-refractivity contribution in [1.82, 2.24) is 5.32 Å². The maximum absolute atomic E-state index is 11.4. The normalized spacial score (nSPS) is 22.7. The lowest BCUT2D eigenvalue weighted by Gasteiger charge is -2.31. The van der Waals surface area contributed by atoms with Gasteiger partial charge in [0, 0.05) is 6.61 Å². The molecular weight excluding hydrogens is 242 g/mol. The quantitative estimate of drug-likeness (QED) is 0.820. The third-order valence-electron chi connectivity index (χ3n) is 3.12. The minimum atomic E-state index is -0.166. The molecule has 2 unspecified atom stereocenters. The molecule has 1 N–H and O–H groups in total. The van der Waals surface area contributed by atoms with Crippen LogP contribution in [0.25, 0.3) is 0 Å². The van der Waals surface area contributed by atoms with Gasteiger partial charge in [-0.15, -0.1) is 0 Å². The molecule has 1 heterocycles. The van der Waals surface area contributed by atoms with Crippen molar-refractivity contribution in [3.05, 3.63) is 48.6 Å². The van der Waals surface area contributed by atoms with E-state index in [9.17, 15) is 4.79 Å². The summed E-state index contributed by atoms with van der Waals surface area (Å²) in [5.74, 6) is -0.166. The summed E-state index contributed by atoms with van der Waals surface area (Å²) < 4.78 is 11.3.